The molecular formula is C20H31NO4. The Hall–Kier alpha value is -1.43. The van der Waals surface area contributed by atoms with Crippen LogP contribution in [0.15, 0.2) is 24.3 Å². The van der Waals surface area contributed by atoms with Crippen LogP contribution < -0.4 is 0 Å². The van der Waals surface area contributed by atoms with Crippen LogP contribution in [0.25, 0.3) is 0 Å². The summed E-state index contributed by atoms with van der Waals surface area (Å²) in [5.41, 5.74) is 1.05. The zero-order valence-electron chi connectivity index (χ0n) is 15.6. The summed E-state index contributed by atoms with van der Waals surface area (Å²) in [6, 6.07) is 7.56. The van der Waals surface area contributed by atoms with Crippen LogP contribution in [0.3, 0.4) is 0 Å². The highest BCUT2D eigenvalue weighted by Gasteiger charge is 2.30. The number of benzene rings is 1. The maximum Gasteiger partial charge on any atom is 0.315 e. The number of carbonyl (C=O) groups is 1. The molecule has 0 spiro atoms. The van der Waals surface area contributed by atoms with Gasteiger partial charge in [-0.3, -0.25) is 4.79 Å². The lowest BCUT2D eigenvalue weighted by Gasteiger charge is -2.29. The molecule has 1 atom stereocenters. The van der Waals surface area contributed by atoms with Gasteiger partial charge in [0.15, 0.2) is 0 Å². The number of aliphatic hydroxyl groups excluding tert-OH is 2. The average Bonchev–Trinajstić information content (AvgIpc) is 2.62. The van der Waals surface area contributed by atoms with Crippen LogP contribution in [-0.4, -0.2) is 53.9 Å². The van der Waals surface area contributed by atoms with E-state index in [1.54, 1.807) is 0 Å². The first-order valence-corrected chi connectivity index (χ1v) is 9.12. The highest BCUT2D eigenvalue weighted by molar-refractivity contribution is 5.82. The second kappa shape index (κ2) is 8.79. The van der Waals surface area contributed by atoms with Crippen molar-refractivity contribution in [3.05, 3.63) is 35.4 Å². The molecule has 0 saturated carbocycles. The summed E-state index contributed by atoms with van der Waals surface area (Å²) in [5.74, 6) is -0.271. The third kappa shape index (κ3) is 5.27. The molecule has 25 heavy (non-hydrogen) atoms. The van der Waals surface area contributed by atoms with Gasteiger partial charge in [-0.2, -0.15) is 0 Å². The van der Waals surface area contributed by atoms with E-state index in [-0.39, 0.29) is 12.1 Å². The molecule has 2 N–H and O–H groups in total. The predicted octanol–water partition coefficient (Wildman–Crippen LogP) is 2.41. The van der Waals surface area contributed by atoms with Gasteiger partial charge in [0.2, 0.25) is 0 Å². The molecule has 140 valence electrons. The zero-order valence-corrected chi connectivity index (χ0v) is 15.6. The second-order valence-electron chi connectivity index (χ2n) is 7.47. The maximum absolute atomic E-state index is 11.9. The number of ether oxygens (including phenoxy) is 1. The summed E-state index contributed by atoms with van der Waals surface area (Å²) < 4.78 is 4.86. The summed E-state index contributed by atoms with van der Waals surface area (Å²) in [6.07, 6.45) is 2.69. The highest BCUT2D eigenvalue weighted by atomic mass is 16.5. The number of methoxy groups -OCH3 is 1. The van der Waals surface area contributed by atoms with Crippen molar-refractivity contribution in [1.29, 1.82) is 0 Å². The normalized spacial score (nSPS) is 18.1. The molecule has 2 rings (SSSR count). The minimum Gasteiger partial charge on any atom is -0.468 e. The first-order chi connectivity index (χ1) is 11.8. The summed E-state index contributed by atoms with van der Waals surface area (Å²) >= 11 is 0. The van der Waals surface area contributed by atoms with Crippen LogP contribution in [0.1, 0.15) is 56.8 Å². The molecule has 0 radical (unpaired) electrons. The highest BCUT2D eigenvalue weighted by Crippen LogP contribution is 2.27. The first-order valence-electron chi connectivity index (χ1n) is 9.12. The molecule has 1 aromatic carbocycles. The number of carbonyl (C=O) groups excluding carboxylic acids is 1. The molecule has 0 aromatic heterocycles. The smallest absolute Gasteiger partial charge is 0.315 e. The van der Waals surface area contributed by atoms with Crippen molar-refractivity contribution in [1.82, 2.24) is 4.90 Å². The van der Waals surface area contributed by atoms with Crippen molar-refractivity contribution >= 4 is 5.97 Å². The molecule has 0 aliphatic carbocycles. The molecule has 1 unspecified atom stereocenters. The molecule has 1 fully saturated rings. The van der Waals surface area contributed by atoms with E-state index >= 15 is 0 Å². The molecular weight excluding hydrogens is 318 g/mol. The Labute approximate surface area is 150 Å². The van der Waals surface area contributed by atoms with Gasteiger partial charge in [0.05, 0.1) is 24.7 Å². The number of piperidine rings is 1. The number of hydrogen-bond donors (Lipinski definition) is 2. The fraction of sp³-hybridized carbons (Fsp3) is 0.650. The van der Waals surface area contributed by atoms with Crippen molar-refractivity contribution in [2.45, 2.75) is 57.2 Å². The van der Waals surface area contributed by atoms with Crippen LogP contribution in [0, 0.1) is 0 Å². The van der Waals surface area contributed by atoms with Crippen molar-refractivity contribution in [2.24, 2.45) is 0 Å². The molecule has 0 amide bonds. The molecule has 0 bridgehead atoms. The van der Waals surface area contributed by atoms with Crippen LogP contribution in [0.2, 0.25) is 0 Å². The molecule has 1 saturated heterocycles. The largest absolute Gasteiger partial charge is 0.468 e. The zero-order chi connectivity index (χ0) is 18.4. The Kier molecular flexibility index (Phi) is 6.99. The van der Waals surface area contributed by atoms with Crippen molar-refractivity contribution in [3.8, 4) is 0 Å². The Bertz CT molecular complexity index is 547. The fourth-order valence-corrected chi connectivity index (χ4v) is 3.31. The predicted molar refractivity (Wildman–Crippen MR) is 97.4 cm³/mol. The third-order valence-electron chi connectivity index (χ3n) is 5.22. The Balaban J connectivity index is 1.84. The van der Waals surface area contributed by atoms with E-state index in [1.807, 2.05) is 38.1 Å². The van der Waals surface area contributed by atoms with Gasteiger partial charge in [-0.15, -0.1) is 0 Å². The Morgan fingerprint density at radius 3 is 2.44 bits per heavy atom. The van der Waals surface area contributed by atoms with Gasteiger partial charge in [-0.1, -0.05) is 24.3 Å². The summed E-state index contributed by atoms with van der Waals surface area (Å²) in [4.78, 5) is 14.2. The van der Waals surface area contributed by atoms with Gasteiger partial charge >= 0.3 is 5.97 Å². The van der Waals surface area contributed by atoms with E-state index in [2.05, 4.69) is 4.90 Å². The lowest BCUT2D eigenvalue weighted by Crippen LogP contribution is -2.36. The van der Waals surface area contributed by atoms with Gasteiger partial charge in [0, 0.05) is 13.1 Å². The van der Waals surface area contributed by atoms with Crippen molar-refractivity contribution in [2.75, 3.05) is 26.7 Å². The van der Waals surface area contributed by atoms with E-state index < -0.39 is 11.5 Å². The summed E-state index contributed by atoms with van der Waals surface area (Å²) in [6.45, 7) is 6.50. The number of esters is 1. The number of hydrogen-bond acceptors (Lipinski definition) is 5. The maximum atomic E-state index is 11.9. The number of nitrogens with zero attached hydrogens (tertiary/aromatic N) is 1. The molecule has 5 nitrogen and oxygen atoms in total. The molecule has 1 aromatic rings. The fourth-order valence-electron chi connectivity index (χ4n) is 3.31. The second-order valence-corrected chi connectivity index (χ2v) is 7.47. The van der Waals surface area contributed by atoms with E-state index in [1.165, 1.54) is 7.11 Å². The average molecular weight is 349 g/mol. The lowest BCUT2D eigenvalue weighted by atomic mass is 9.84. The van der Waals surface area contributed by atoms with Crippen LogP contribution >= 0.6 is 0 Å². The summed E-state index contributed by atoms with van der Waals surface area (Å²) in [7, 11) is 1.39. The van der Waals surface area contributed by atoms with Gasteiger partial charge < -0.3 is 19.8 Å². The van der Waals surface area contributed by atoms with E-state index in [0.29, 0.717) is 6.42 Å². The molecule has 5 heteroatoms. The Morgan fingerprint density at radius 2 is 1.88 bits per heavy atom. The molecule has 1 aliphatic rings. The van der Waals surface area contributed by atoms with E-state index in [9.17, 15) is 15.0 Å². The standard InChI is InChI=1S/C20H31NO4/c1-20(2,19(24)25-3)16-8-6-15(7-9-16)18(23)5-4-12-21-13-10-17(22)11-14-21/h6-9,17-18,22-23H,4-5,10-14H2,1-3H3. The third-order valence-corrected chi connectivity index (χ3v) is 5.22. The van der Waals surface area contributed by atoms with E-state index in [0.717, 1.165) is 50.0 Å². The van der Waals surface area contributed by atoms with Crippen LogP contribution in [0.4, 0.5) is 0 Å². The quantitative estimate of drug-likeness (QED) is 0.740. The van der Waals surface area contributed by atoms with Crippen molar-refractivity contribution < 1.29 is 19.7 Å². The monoisotopic (exact) mass is 349 g/mol. The SMILES string of the molecule is COC(=O)C(C)(C)c1ccc(C(O)CCCN2CCC(O)CC2)cc1. The van der Waals surface area contributed by atoms with Gasteiger partial charge in [0.1, 0.15) is 0 Å². The molecule has 1 heterocycles. The number of rotatable bonds is 7. The van der Waals surface area contributed by atoms with Gasteiger partial charge in [-0.25, -0.2) is 0 Å². The first kappa shape index (κ1) is 19.9. The lowest BCUT2D eigenvalue weighted by molar-refractivity contribution is -0.146. The topological polar surface area (TPSA) is 70.0 Å². The number of aliphatic hydroxyl groups is 2. The minimum atomic E-state index is -0.697. The van der Waals surface area contributed by atoms with Crippen LogP contribution in [-0.2, 0) is 14.9 Å². The number of likely N-dealkylation sites (tertiary alicyclic amines) is 1. The van der Waals surface area contributed by atoms with Crippen molar-refractivity contribution in [3.63, 3.8) is 0 Å². The van der Waals surface area contributed by atoms with Gasteiger partial charge in [-0.05, 0) is 57.2 Å². The van der Waals surface area contributed by atoms with Gasteiger partial charge in [0.25, 0.3) is 0 Å². The Morgan fingerprint density at radius 1 is 1.28 bits per heavy atom. The van der Waals surface area contributed by atoms with Crippen LogP contribution in [0.5, 0.6) is 0 Å². The minimum absolute atomic E-state index is 0.144. The summed E-state index contributed by atoms with van der Waals surface area (Å²) in [5, 5.41) is 19.9. The van der Waals surface area contributed by atoms with E-state index in [4.69, 9.17) is 4.74 Å². The molecule has 1 aliphatic heterocycles.